The Morgan fingerprint density at radius 2 is 2.05 bits per heavy atom. The first-order chi connectivity index (χ1) is 9.73. The molecule has 0 heterocycles. The number of amides is 1. The van der Waals surface area contributed by atoms with Gasteiger partial charge in [-0.15, -0.1) is 0 Å². The standard InChI is InChI=1S/C13H16F4N2O2/c1-8(6-18-2)12(20)19-10-5-9(14)3-4-11(10)21-7-13(15,16)17/h3-5,8,18H,6-7H2,1-2H3,(H,19,20). The summed E-state index contributed by atoms with van der Waals surface area (Å²) in [5.41, 5.74) is -0.132. The third kappa shape index (κ3) is 5.99. The molecule has 0 bridgehead atoms. The van der Waals surface area contributed by atoms with Crippen LogP contribution in [0.1, 0.15) is 6.92 Å². The summed E-state index contributed by atoms with van der Waals surface area (Å²) in [4.78, 5) is 11.8. The van der Waals surface area contributed by atoms with Crippen LogP contribution in [0, 0.1) is 11.7 Å². The Labute approximate surface area is 119 Å². The molecule has 2 N–H and O–H groups in total. The molecule has 1 atom stereocenters. The molecule has 0 spiro atoms. The van der Waals surface area contributed by atoms with Gasteiger partial charge in [-0.1, -0.05) is 6.92 Å². The van der Waals surface area contributed by atoms with E-state index in [4.69, 9.17) is 0 Å². The van der Waals surface area contributed by atoms with Crippen molar-refractivity contribution in [3.8, 4) is 5.75 Å². The van der Waals surface area contributed by atoms with Crippen molar-refractivity contribution in [3.63, 3.8) is 0 Å². The highest BCUT2D eigenvalue weighted by Crippen LogP contribution is 2.28. The second-order valence-corrected chi connectivity index (χ2v) is 4.49. The molecule has 1 amide bonds. The van der Waals surface area contributed by atoms with E-state index in [1.807, 2.05) is 0 Å². The maximum absolute atomic E-state index is 13.2. The van der Waals surface area contributed by atoms with Crippen LogP contribution in [0.3, 0.4) is 0 Å². The van der Waals surface area contributed by atoms with Gasteiger partial charge in [0.2, 0.25) is 5.91 Å². The minimum absolute atomic E-state index is 0.132. The fourth-order valence-electron chi connectivity index (χ4n) is 1.54. The van der Waals surface area contributed by atoms with Gasteiger partial charge in [0.15, 0.2) is 6.61 Å². The molecule has 1 unspecified atom stereocenters. The predicted octanol–water partition coefficient (Wildman–Crippen LogP) is 2.56. The summed E-state index contributed by atoms with van der Waals surface area (Å²) in [6, 6.07) is 2.91. The van der Waals surface area contributed by atoms with Gasteiger partial charge in [-0.05, 0) is 19.2 Å². The monoisotopic (exact) mass is 308 g/mol. The highest BCUT2D eigenvalue weighted by Gasteiger charge is 2.29. The topological polar surface area (TPSA) is 50.4 Å². The molecular weight excluding hydrogens is 292 g/mol. The van der Waals surface area contributed by atoms with Gasteiger partial charge in [0.1, 0.15) is 11.6 Å². The maximum Gasteiger partial charge on any atom is 0.422 e. The Kier molecular flexibility index (Phi) is 5.95. The number of anilines is 1. The molecular formula is C13H16F4N2O2. The summed E-state index contributed by atoms with van der Waals surface area (Å²) in [5, 5.41) is 5.15. The first kappa shape index (κ1) is 17.2. The number of hydrogen-bond donors (Lipinski definition) is 2. The molecule has 0 radical (unpaired) electrons. The summed E-state index contributed by atoms with van der Waals surface area (Å²) >= 11 is 0. The molecule has 0 aliphatic carbocycles. The van der Waals surface area contributed by atoms with Gasteiger partial charge in [0, 0.05) is 18.5 Å². The third-order valence-corrected chi connectivity index (χ3v) is 2.55. The number of alkyl halides is 3. The van der Waals surface area contributed by atoms with E-state index in [0.29, 0.717) is 6.54 Å². The van der Waals surface area contributed by atoms with Crippen LogP contribution in [0.2, 0.25) is 0 Å². The normalized spacial score (nSPS) is 12.9. The van der Waals surface area contributed by atoms with Crippen molar-refractivity contribution < 1.29 is 27.1 Å². The van der Waals surface area contributed by atoms with E-state index in [2.05, 4.69) is 15.4 Å². The van der Waals surface area contributed by atoms with Crippen molar-refractivity contribution in [2.45, 2.75) is 13.1 Å². The highest BCUT2D eigenvalue weighted by atomic mass is 19.4. The number of carbonyl (C=O) groups is 1. The predicted molar refractivity (Wildman–Crippen MR) is 69.7 cm³/mol. The second kappa shape index (κ2) is 7.26. The Morgan fingerprint density at radius 3 is 2.62 bits per heavy atom. The van der Waals surface area contributed by atoms with Gasteiger partial charge in [-0.25, -0.2) is 4.39 Å². The third-order valence-electron chi connectivity index (χ3n) is 2.55. The fraction of sp³-hybridized carbons (Fsp3) is 0.462. The molecule has 0 fully saturated rings. The minimum Gasteiger partial charge on any atom is -0.482 e. The zero-order valence-electron chi connectivity index (χ0n) is 11.6. The molecule has 1 rings (SSSR count). The number of rotatable bonds is 6. The number of ether oxygens (including phenoxy) is 1. The van der Waals surface area contributed by atoms with Crippen LogP contribution in [-0.2, 0) is 4.79 Å². The SMILES string of the molecule is CNCC(C)C(=O)Nc1cc(F)ccc1OCC(F)(F)F. The molecule has 8 heteroatoms. The van der Waals surface area contributed by atoms with Crippen molar-refractivity contribution in [1.29, 1.82) is 0 Å². The zero-order valence-corrected chi connectivity index (χ0v) is 11.6. The van der Waals surface area contributed by atoms with Crippen molar-refractivity contribution in [2.24, 2.45) is 5.92 Å². The van der Waals surface area contributed by atoms with Gasteiger partial charge >= 0.3 is 6.18 Å². The van der Waals surface area contributed by atoms with E-state index < -0.39 is 30.4 Å². The van der Waals surface area contributed by atoms with Crippen molar-refractivity contribution in [3.05, 3.63) is 24.0 Å². The summed E-state index contributed by atoms with van der Waals surface area (Å²) in [6.45, 7) is 0.481. The molecule has 4 nitrogen and oxygen atoms in total. The van der Waals surface area contributed by atoms with Crippen molar-refractivity contribution in [2.75, 3.05) is 25.5 Å². The first-order valence-corrected chi connectivity index (χ1v) is 6.17. The molecule has 0 aliphatic rings. The maximum atomic E-state index is 13.2. The van der Waals surface area contributed by atoms with Crippen LogP contribution < -0.4 is 15.4 Å². The van der Waals surface area contributed by atoms with Crippen LogP contribution in [0.5, 0.6) is 5.75 Å². The summed E-state index contributed by atoms with van der Waals surface area (Å²) < 4.78 is 54.2. The van der Waals surface area contributed by atoms with Crippen molar-refractivity contribution >= 4 is 11.6 Å². The Bertz CT molecular complexity index is 492. The summed E-state index contributed by atoms with van der Waals surface area (Å²) in [7, 11) is 1.66. The number of nitrogens with one attached hydrogen (secondary N) is 2. The number of benzene rings is 1. The van der Waals surface area contributed by atoms with E-state index in [1.165, 1.54) is 0 Å². The summed E-state index contributed by atoms with van der Waals surface area (Å²) in [5.74, 6) is -1.81. The average molecular weight is 308 g/mol. The van der Waals surface area contributed by atoms with Gasteiger partial charge in [-0.3, -0.25) is 4.79 Å². The first-order valence-electron chi connectivity index (χ1n) is 6.17. The van der Waals surface area contributed by atoms with Crippen LogP contribution >= 0.6 is 0 Å². The highest BCUT2D eigenvalue weighted by molar-refractivity contribution is 5.93. The number of halogens is 4. The molecule has 0 saturated carbocycles. The van der Waals surface area contributed by atoms with Gasteiger partial charge in [0.25, 0.3) is 0 Å². The second-order valence-electron chi connectivity index (χ2n) is 4.49. The molecule has 0 aromatic heterocycles. The van der Waals surface area contributed by atoms with E-state index in [1.54, 1.807) is 14.0 Å². The molecule has 0 saturated heterocycles. The minimum atomic E-state index is -4.52. The van der Waals surface area contributed by atoms with Gasteiger partial charge in [0.05, 0.1) is 5.69 Å². The lowest BCUT2D eigenvalue weighted by molar-refractivity contribution is -0.153. The quantitative estimate of drug-likeness (QED) is 0.794. The van der Waals surface area contributed by atoms with E-state index >= 15 is 0 Å². The van der Waals surface area contributed by atoms with Crippen LogP contribution in [0.4, 0.5) is 23.2 Å². The van der Waals surface area contributed by atoms with Crippen LogP contribution in [0.15, 0.2) is 18.2 Å². The molecule has 21 heavy (non-hydrogen) atoms. The van der Waals surface area contributed by atoms with Crippen LogP contribution in [-0.4, -0.2) is 32.3 Å². The van der Waals surface area contributed by atoms with Crippen LogP contribution in [0.25, 0.3) is 0 Å². The van der Waals surface area contributed by atoms with E-state index in [-0.39, 0.29) is 11.4 Å². The largest absolute Gasteiger partial charge is 0.482 e. The lowest BCUT2D eigenvalue weighted by Crippen LogP contribution is -2.29. The lowest BCUT2D eigenvalue weighted by Gasteiger charge is -2.16. The Morgan fingerprint density at radius 1 is 1.38 bits per heavy atom. The van der Waals surface area contributed by atoms with E-state index in [0.717, 1.165) is 18.2 Å². The zero-order chi connectivity index (χ0) is 16.0. The average Bonchev–Trinajstić information content (AvgIpc) is 2.37. The van der Waals surface area contributed by atoms with Gasteiger partial charge in [-0.2, -0.15) is 13.2 Å². The molecule has 0 aliphatic heterocycles. The van der Waals surface area contributed by atoms with Gasteiger partial charge < -0.3 is 15.4 Å². The lowest BCUT2D eigenvalue weighted by atomic mass is 10.1. The molecule has 1 aromatic carbocycles. The smallest absolute Gasteiger partial charge is 0.422 e. The number of carbonyl (C=O) groups excluding carboxylic acids is 1. The van der Waals surface area contributed by atoms with E-state index in [9.17, 15) is 22.4 Å². The molecule has 1 aromatic rings. The number of hydrogen-bond acceptors (Lipinski definition) is 3. The summed E-state index contributed by atoms with van der Waals surface area (Å²) in [6.07, 6.45) is -4.52. The Hall–Kier alpha value is -1.83. The van der Waals surface area contributed by atoms with Crippen molar-refractivity contribution in [1.82, 2.24) is 5.32 Å². The fourth-order valence-corrected chi connectivity index (χ4v) is 1.54. The molecule has 118 valence electrons. The Balaban J connectivity index is 2.84.